The molecular formula is C8H11BrN2O. The fourth-order valence-corrected chi connectivity index (χ4v) is 1.12. The minimum atomic E-state index is 0.689. The van der Waals surface area contributed by atoms with Gasteiger partial charge in [-0.1, -0.05) is 15.9 Å². The van der Waals surface area contributed by atoms with Crippen molar-refractivity contribution in [1.29, 1.82) is 0 Å². The van der Waals surface area contributed by atoms with Gasteiger partial charge in [-0.15, -0.1) is 0 Å². The zero-order valence-electron chi connectivity index (χ0n) is 6.88. The van der Waals surface area contributed by atoms with E-state index in [2.05, 4.69) is 26.2 Å². The van der Waals surface area contributed by atoms with Crippen LogP contribution in [0.15, 0.2) is 22.8 Å². The smallest absolute Gasteiger partial charge is 0.127 e. The Morgan fingerprint density at radius 1 is 1.67 bits per heavy atom. The molecule has 0 atom stereocenters. The molecule has 0 amide bonds. The largest absolute Gasteiger partial charge is 0.383 e. The van der Waals surface area contributed by atoms with Crippen LogP contribution >= 0.6 is 15.9 Å². The van der Waals surface area contributed by atoms with Crippen LogP contribution in [-0.4, -0.2) is 25.2 Å². The van der Waals surface area contributed by atoms with E-state index in [1.54, 1.807) is 13.3 Å². The molecule has 0 saturated carbocycles. The molecular weight excluding hydrogens is 220 g/mol. The first-order valence-corrected chi connectivity index (χ1v) is 4.46. The number of hydrogen-bond donors (Lipinski definition) is 1. The van der Waals surface area contributed by atoms with E-state index >= 15 is 0 Å². The third-order valence-corrected chi connectivity index (χ3v) is 1.83. The van der Waals surface area contributed by atoms with E-state index in [1.165, 1.54) is 0 Å². The van der Waals surface area contributed by atoms with Crippen LogP contribution in [0.3, 0.4) is 0 Å². The third-order valence-electron chi connectivity index (χ3n) is 1.33. The average molecular weight is 231 g/mol. The van der Waals surface area contributed by atoms with Gasteiger partial charge in [0.15, 0.2) is 0 Å². The fraction of sp³-hybridized carbons (Fsp3) is 0.375. The second-order valence-corrected chi connectivity index (χ2v) is 3.19. The second-order valence-electron chi connectivity index (χ2n) is 2.28. The van der Waals surface area contributed by atoms with Gasteiger partial charge in [-0.3, -0.25) is 0 Å². The van der Waals surface area contributed by atoms with Crippen LogP contribution in [0, 0.1) is 0 Å². The van der Waals surface area contributed by atoms with Crippen molar-refractivity contribution in [3.63, 3.8) is 0 Å². The Morgan fingerprint density at radius 2 is 2.50 bits per heavy atom. The molecule has 4 heteroatoms. The Balaban J connectivity index is 2.41. The fourth-order valence-electron chi connectivity index (χ4n) is 0.783. The summed E-state index contributed by atoms with van der Waals surface area (Å²) < 4.78 is 5.92. The summed E-state index contributed by atoms with van der Waals surface area (Å²) in [5.74, 6) is 0.862. The first-order chi connectivity index (χ1) is 5.83. The zero-order chi connectivity index (χ0) is 8.81. The van der Waals surface area contributed by atoms with Crippen molar-refractivity contribution in [2.24, 2.45) is 0 Å². The lowest BCUT2D eigenvalue weighted by Crippen LogP contribution is -2.08. The summed E-state index contributed by atoms with van der Waals surface area (Å²) in [6.07, 6.45) is 1.75. The van der Waals surface area contributed by atoms with Gasteiger partial charge in [0.1, 0.15) is 5.82 Å². The monoisotopic (exact) mass is 230 g/mol. The van der Waals surface area contributed by atoms with Crippen LogP contribution in [0.1, 0.15) is 0 Å². The van der Waals surface area contributed by atoms with Crippen LogP contribution < -0.4 is 5.32 Å². The quantitative estimate of drug-likeness (QED) is 0.803. The Bertz CT molecular complexity index is 242. The lowest BCUT2D eigenvalue weighted by Gasteiger charge is -2.03. The Hall–Kier alpha value is -0.610. The van der Waals surface area contributed by atoms with Gasteiger partial charge in [0.25, 0.3) is 0 Å². The molecule has 0 spiro atoms. The molecule has 1 heterocycles. The molecule has 3 nitrogen and oxygen atoms in total. The number of halogens is 1. The Kier molecular flexibility index (Phi) is 4.04. The number of nitrogens with zero attached hydrogens (tertiary/aromatic N) is 1. The molecule has 0 aliphatic rings. The van der Waals surface area contributed by atoms with Gasteiger partial charge in [-0.25, -0.2) is 4.98 Å². The van der Waals surface area contributed by atoms with Crippen molar-refractivity contribution in [2.45, 2.75) is 0 Å². The molecule has 1 rings (SSSR count). The van der Waals surface area contributed by atoms with Crippen molar-refractivity contribution in [2.75, 3.05) is 25.6 Å². The van der Waals surface area contributed by atoms with E-state index in [1.807, 2.05) is 12.1 Å². The Morgan fingerprint density at radius 3 is 3.17 bits per heavy atom. The minimum Gasteiger partial charge on any atom is -0.383 e. The SMILES string of the molecule is COCCNc1cc(Br)ccn1. The maximum atomic E-state index is 4.89. The standard InChI is InChI=1S/C8H11BrN2O/c1-12-5-4-11-8-6-7(9)2-3-10-8/h2-3,6H,4-5H2,1H3,(H,10,11). The number of rotatable bonds is 4. The summed E-state index contributed by atoms with van der Waals surface area (Å²) >= 11 is 3.36. The highest BCUT2D eigenvalue weighted by atomic mass is 79.9. The number of anilines is 1. The predicted octanol–water partition coefficient (Wildman–Crippen LogP) is 1.90. The van der Waals surface area contributed by atoms with E-state index < -0.39 is 0 Å². The summed E-state index contributed by atoms with van der Waals surface area (Å²) in [4.78, 5) is 4.11. The van der Waals surface area contributed by atoms with Gasteiger partial charge in [0, 0.05) is 24.3 Å². The van der Waals surface area contributed by atoms with Crippen molar-refractivity contribution in [3.8, 4) is 0 Å². The van der Waals surface area contributed by atoms with Crippen molar-refractivity contribution in [3.05, 3.63) is 22.8 Å². The highest BCUT2D eigenvalue weighted by molar-refractivity contribution is 9.10. The molecule has 0 bridgehead atoms. The van der Waals surface area contributed by atoms with Crippen molar-refractivity contribution < 1.29 is 4.74 Å². The average Bonchev–Trinajstić information content (AvgIpc) is 2.05. The minimum absolute atomic E-state index is 0.689. The van der Waals surface area contributed by atoms with Crippen LogP contribution in [0.25, 0.3) is 0 Å². The number of nitrogens with one attached hydrogen (secondary N) is 1. The van der Waals surface area contributed by atoms with Gasteiger partial charge in [-0.2, -0.15) is 0 Å². The van der Waals surface area contributed by atoms with Crippen LogP contribution in [0.5, 0.6) is 0 Å². The van der Waals surface area contributed by atoms with Crippen LogP contribution in [-0.2, 0) is 4.74 Å². The first-order valence-electron chi connectivity index (χ1n) is 3.67. The second kappa shape index (κ2) is 5.11. The maximum Gasteiger partial charge on any atom is 0.127 e. The maximum absolute atomic E-state index is 4.89. The normalized spacial score (nSPS) is 9.83. The number of pyridine rings is 1. The summed E-state index contributed by atoms with van der Waals surface area (Å²) in [6.45, 7) is 1.47. The van der Waals surface area contributed by atoms with Gasteiger partial charge in [0.05, 0.1) is 6.61 Å². The molecule has 1 N–H and O–H groups in total. The predicted molar refractivity (Wildman–Crippen MR) is 52.3 cm³/mol. The molecule has 0 fully saturated rings. The van der Waals surface area contributed by atoms with Gasteiger partial charge < -0.3 is 10.1 Å². The molecule has 1 aromatic rings. The van der Waals surface area contributed by atoms with Crippen molar-refractivity contribution in [1.82, 2.24) is 4.98 Å². The van der Waals surface area contributed by atoms with Crippen LogP contribution in [0.4, 0.5) is 5.82 Å². The molecule has 0 aliphatic carbocycles. The van der Waals surface area contributed by atoms with E-state index in [0.29, 0.717) is 6.61 Å². The highest BCUT2D eigenvalue weighted by Crippen LogP contribution is 2.11. The zero-order valence-corrected chi connectivity index (χ0v) is 8.47. The molecule has 12 heavy (non-hydrogen) atoms. The number of aromatic nitrogens is 1. The van der Waals surface area contributed by atoms with Crippen molar-refractivity contribution >= 4 is 21.7 Å². The summed E-state index contributed by atoms with van der Waals surface area (Å²) in [7, 11) is 1.68. The molecule has 0 radical (unpaired) electrons. The van der Waals surface area contributed by atoms with E-state index in [0.717, 1.165) is 16.8 Å². The molecule has 0 aliphatic heterocycles. The topological polar surface area (TPSA) is 34.1 Å². The summed E-state index contributed by atoms with van der Waals surface area (Å²) in [6, 6.07) is 3.82. The summed E-state index contributed by atoms with van der Waals surface area (Å²) in [5.41, 5.74) is 0. The van der Waals surface area contributed by atoms with E-state index in [-0.39, 0.29) is 0 Å². The van der Waals surface area contributed by atoms with Gasteiger partial charge >= 0.3 is 0 Å². The lowest BCUT2D eigenvalue weighted by molar-refractivity contribution is 0.210. The van der Waals surface area contributed by atoms with Gasteiger partial charge in [0.2, 0.25) is 0 Å². The lowest BCUT2D eigenvalue weighted by atomic mass is 10.4. The molecule has 0 aromatic carbocycles. The first kappa shape index (κ1) is 9.48. The summed E-state index contributed by atoms with van der Waals surface area (Å²) in [5, 5.41) is 3.12. The molecule has 0 unspecified atom stereocenters. The number of methoxy groups -OCH3 is 1. The number of hydrogen-bond acceptors (Lipinski definition) is 3. The molecule has 1 aromatic heterocycles. The van der Waals surface area contributed by atoms with Crippen LogP contribution in [0.2, 0.25) is 0 Å². The third kappa shape index (κ3) is 3.19. The van der Waals surface area contributed by atoms with E-state index in [9.17, 15) is 0 Å². The molecule has 66 valence electrons. The van der Waals surface area contributed by atoms with Gasteiger partial charge in [-0.05, 0) is 12.1 Å². The molecule has 0 saturated heterocycles. The number of ether oxygens (including phenoxy) is 1. The highest BCUT2D eigenvalue weighted by Gasteiger charge is 1.92. The Labute approximate surface area is 80.3 Å². The van der Waals surface area contributed by atoms with E-state index in [4.69, 9.17) is 4.74 Å².